The second kappa shape index (κ2) is 19.9. The van der Waals surface area contributed by atoms with Crippen LogP contribution < -0.4 is 5.46 Å². The van der Waals surface area contributed by atoms with Gasteiger partial charge in [0, 0.05) is 196 Å². The maximum Gasteiger partial charge on any atom is 0.121 e. The van der Waals surface area contributed by atoms with Crippen LogP contribution in [0.1, 0.15) is 0 Å². The van der Waals surface area contributed by atoms with Gasteiger partial charge in [0.15, 0.2) is 0 Å². The summed E-state index contributed by atoms with van der Waals surface area (Å²) in [6.45, 7) is 0. The largest absolute Gasteiger partial charge is 0.781 e. The summed E-state index contributed by atoms with van der Waals surface area (Å²) in [5, 5.41) is 0. The van der Waals surface area contributed by atoms with E-state index in [1.807, 2.05) is 30.3 Å². The maximum absolute atomic E-state index is 13.8. The zero-order valence-corrected chi connectivity index (χ0v) is 32.4. The van der Waals surface area contributed by atoms with E-state index in [-0.39, 0.29) is 202 Å². The average molecular weight is 822 g/mol. The molecule has 0 amide bonds. The summed E-state index contributed by atoms with van der Waals surface area (Å²) < 4.78 is 13.8. The van der Waals surface area contributed by atoms with Gasteiger partial charge < -0.3 is 12.6 Å². The number of benzene rings is 3. The van der Waals surface area contributed by atoms with Crippen LogP contribution in [0.5, 0.6) is 0 Å². The van der Waals surface area contributed by atoms with Crippen LogP contribution in [0, 0.1) is 11.9 Å². The van der Waals surface area contributed by atoms with Crippen molar-refractivity contribution in [1.82, 2.24) is 0 Å². The number of hydrogen-bond acceptors (Lipinski definition) is 1. The van der Waals surface area contributed by atoms with Crippen LogP contribution in [0.3, 0.4) is 0 Å². The van der Waals surface area contributed by atoms with Crippen LogP contribution in [0.4, 0.5) is 4.39 Å². The zero-order valence-electron chi connectivity index (χ0n) is 14.6. The molecular weight excluding hydrogens is 812 g/mol. The molecule has 118 valence electrons. The van der Waals surface area contributed by atoms with E-state index in [1.54, 1.807) is 24.3 Å². The minimum Gasteiger partial charge on any atom is -0.781 e. The Hall–Kier alpha value is 4.50. The topological polar surface area (TPSA) is 0 Å². The first-order valence-corrected chi connectivity index (χ1v) is 6.89. The third-order valence-electron chi connectivity index (χ3n) is 3.32. The number of halogens is 1. The molecule has 9 heteroatoms. The molecule has 0 spiro atoms. The van der Waals surface area contributed by atoms with E-state index in [2.05, 4.69) is 6.07 Å². The molecule has 0 aliphatic rings. The van der Waals surface area contributed by atoms with Gasteiger partial charge in [0.05, 0.1) is 0 Å². The van der Waals surface area contributed by atoms with Crippen LogP contribution in [0.15, 0.2) is 65.6 Å². The number of rotatable bonds is 2. The van der Waals surface area contributed by atoms with Crippen molar-refractivity contribution in [2.45, 2.75) is 4.90 Å². The van der Waals surface area contributed by atoms with E-state index in [0.29, 0.717) is 15.9 Å². The van der Waals surface area contributed by atoms with Gasteiger partial charge in [0.2, 0.25) is 0 Å². The van der Waals surface area contributed by atoms with Crippen molar-refractivity contribution < 1.29 is 201 Å². The van der Waals surface area contributed by atoms with E-state index in [1.165, 1.54) is 6.07 Å². The molecule has 27 heavy (non-hydrogen) atoms. The number of hydrogen-bond donors (Lipinski definition) is 0. The van der Waals surface area contributed by atoms with Crippen LogP contribution >= 0.6 is 0 Å². The van der Waals surface area contributed by atoms with Crippen LogP contribution in [-0.2, 0) is 209 Å². The molecule has 0 aromatic heterocycles. The first kappa shape index (κ1) is 38.7. The molecule has 0 fully saturated rings. The Labute approximate surface area is 318 Å². The first-order valence-electron chi connectivity index (χ1n) is 6.49. The van der Waals surface area contributed by atoms with Crippen molar-refractivity contribution in [2.24, 2.45) is 0 Å². The molecule has 0 N–H and O–H groups in total. The molecule has 3 aromatic rings. The predicted molar refractivity (Wildman–Crippen MR) is 87.1 cm³/mol. The van der Waals surface area contributed by atoms with E-state index in [9.17, 15) is 4.39 Å². The van der Waals surface area contributed by atoms with E-state index < -0.39 is 0 Å². The molecule has 3 rings (SSSR count). The van der Waals surface area contributed by atoms with Gasteiger partial charge in [-0.3, -0.25) is 0 Å². The Bertz CT molecular complexity index is 802. The molecule has 8 radical (unpaired) electrons. The summed E-state index contributed by atoms with van der Waals surface area (Å²) in [7, 11) is 5.73. The van der Waals surface area contributed by atoms with E-state index in [0.717, 1.165) is 16.7 Å². The van der Waals surface area contributed by atoms with Crippen LogP contribution in [0.25, 0.3) is 22.3 Å². The van der Waals surface area contributed by atoms with Crippen molar-refractivity contribution >= 4 is 25.9 Å². The third-order valence-corrected chi connectivity index (χ3v) is 3.68. The van der Waals surface area contributed by atoms with Crippen molar-refractivity contribution in [3.63, 3.8) is 0 Å². The van der Waals surface area contributed by atoms with Gasteiger partial charge in [0.1, 0.15) is 13.7 Å². The fourth-order valence-electron chi connectivity index (χ4n) is 2.17. The monoisotopic (exact) mass is 821 g/mol. The molecule has 0 saturated carbocycles. The molecule has 3 aromatic carbocycles. The summed E-state index contributed by atoms with van der Waals surface area (Å²) in [6.07, 6.45) is 0. The maximum atomic E-state index is 13.8. The molecule has 0 heterocycles. The second-order valence-corrected chi connectivity index (χ2v) is 5.16. The summed E-state index contributed by atoms with van der Waals surface area (Å²) >= 11 is 5.17. The molecular formula is C18H10BFSY6-2. The van der Waals surface area contributed by atoms with Crippen LogP contribution in [-0.4, -0.2) is 7.85 Å². The van der Waals surface area contributed by atoms with E-state index in [4.69, 9.17) is 20.5 Å². The fourth-order valence-corrected chi connectivity index (χ4v) is 2.36. The van der Waals surface area contributed by atoms with Crippen LogP contribution in [0.2, 0.25) is 0 Å². The van der Waals surface area contributed by atoms with Crippen molar-refractivity contribution in [3.8, 4) is 22.3 Å². The molecule has 0 nitrogen and oxygen atoms in total. The Morgan fingerprint density at radius 3 is 1.89 bits per heavy atom. The minimum atomic E-state index is -0.237. The van der Waals surface area contributed by atoms with Gasteiger partial charge in [-0.2, -0.15) is 4.90 Å². The smallest absolute Gasteiger partial charge is 0.121 e. The van der Waals surface area contributed by atoms with Crippen molar-refractivity contribution in [2.75, 3.05) is 0 Å². The molecule has 0 bridgehead atoms. The third kappa shape index (κ3) is 11.5. The summed E-state index contributed by atoms with van der Waals surface area (Å²) in [6, 6.07) is 21.0. The summed E-state index contributed by atoms with van der Waals surface area (Å²) in [5.74, 6) is -0.237. The van der Waals surface area contributed by atoms with Crippen molar-refractivity contribution in [3.05, 3.63) is 72.5 Å². The van der Waals surface area contributed by atoms with Crippen molar-refractivity contribution in [1.29, 1.82) is 0 Å². The minimum absolute atomic E-state index is 0. The van der Waals surface area contributed by atoms with Gasteiger partial charge in [-0.05, 0) is 11.6 Å². The average Bonchev–Trinajstić information content (AvgIpc) is 2.51. The Morgan fingerprint density at radius 1 is 0.778 bits per heavy atom. The quantitative estimate of drug-likeness (QED) is 0.217. The molecule has 0 saturated heterocycles. The Kier molecular flexibility index (Phi) is 28.6. The van der Waals surface area contributed by atoms with Gasteiger partial charge >= 0.3 is 0 Å². The Balaban J connectivity index is -0.000000441. The zero-order chi connectivity index (χ0) is 14.8. The normalized spacial score (nSPS) is 8.19. The molecule has 0 aliphatic carbocycles. The molecule has 0 atom stereocenters. The standard InChI is InChI=1S/C18H11BFS.6Y/c19-16-10-9-14(11-18(16)21)12-5-7-13(8-6-12)15-3-1-2-4-17(15)20;;;;;;/h1-5,7-11,21H;;;;;;/q-1;;;;;;/p-1. The second-order valence-electron chi connectivity index (χ2n) is 4.72. The van der Waals surface area contributed by atoms with Gasteiger partial charge in [-0.1, -0.05) is 35.9 Å². The predicted octanol–water partition coefficient (Wildman–Crippen LogP) is 3.64. The Morgan fingerprint density at radius 2 is 1.37 bits per heavy atom. The summed E-state index contributed by atoms with van der Waals surface area (Å²) in [5.41, 5.74) is 3.82. The fraction of sp³-hybridized carbons (Fsp3) is 0. The molecule has 0 unspecified atom stereocenters. The molecule has 0 aliphatic heterocycles. The van der Waals surface area contributed by atoms with Gasteiger partial charge in [-0.25, -0.2) is 4.39 Å². The summed E-state index contributed by atoms with van der Waals surface area (Å²) in [4.78, 5) is 0.624. The van der Waals surface area contributed by atoms with Gasteiger partial charge in [-0.15, -0.1) is 46.9 Å². The van der Waals surface area contributed by atoms with E-state index >= 15 is 0 Å². The SMILES string of the molecule is [B]c1ccc(-c2[c-]cc(-c3ccccc3F)cc2)cc1[S-].[Y].[Y].[Y].[Y].[Y].[Y]. The first-order chi connectivity index (χ1) is 10.1. The van der Waals surface area contributed by atoms with Gasteiger partial charge in [0.25, 0.3) is 0 Å².